The quantitative estimate of drug-likeness (QED) is 0.775. The zero-order chi connectivity index (χ0) is 11.2. The third-order valence-electron chi connectivity index (χ3n) is 3.39. The van der Waals surface area contributed by atoms with E-state index in [1.165, 1.54) is 32.1 Å². The van der Waals surface area contributed by atoms with E-state index in [0.717, 1.165) is 12.0 Å². The number of Topliss-reactive ketones (excluding diaryl/α,β-unsaturated/α-hetero) is 1. The molecule has 1 saturated carbocycles. The molecule has 0 spiro atoms. The second-order valence-corrected chi connectivity index (χ2v) is 4.78. The van der Waals surface area contributed by atoms with Crippen LogP contribution in [0, 0.1) is 5.92 Å². The van der Waals surface area contributed by atoms with E-state index in [-0.39, 0.29) is 0 Å². The lowest BCUT2D eigenvalue weighted by Crippen LogP contribution is -2.13. The molecule has 1 aliphatic carbocycles. The molecule has 0 N–H and O–H groups in total. The highest BCUT2D eigenvalue weighted by Crippen LogP contribution is 2.26. The van der Waals surface area contributed by atoms with Crippen molar-refractivity contribution < 1.29 is 4.79 Å². The molecule has 0 amide bonds. The highest BCUT2D eigenvalue weighted by Gasteiger charge is 2.16. The van der Waals surface area contributed by atoms with E-state index in [4.69, 9.17) is 0 Å². The summed E-state index contributed by atoms with van der Waals surface area (Å²) >= 11 is 0. The van der Waals surface area contributed by atoms with Gasteiger partial charge < -0.3 is 0 Å². The molecule has 1 aromatic rings. The topological polar surface area (TPSA) is 30.0 Å². The summed E-state index contributed by atoms with van der Waals surface area (Å²) in [5, 5.41) is 0. The summed E-state index contributed by atoms with van der Waals surface area (Å²) in [6, 6.07) is 3.86. The molecule has 2 nitrogen and oxygen atoms in total. The average Bonchev–Trinajstić information content (AvgIpc) is 2.31. The molecule has 1 fully saturated rings. The fourth-order valence-electron chi connectivity index (χ4n) is 2.51. The van der Waals surface area contributed by atoms with Crippen LogP contribution in [0.3, 0.4) is 0 Å². The SMILES string of the molecule is O=C(Cc1ccncc1)CC1CCCCC1. The van der Waals surface area contributed by atoms with Crippen LogP contribution in [0.4, 0.5) is 0 Å². The van der Waals surface area contributed by atoms with E-state index in [1.807, 2.05) is 12.1 Å². The molecule has 0 saturated heterocycles. The number of nitrogens with zero attached hydrogens (tertiary/aromatic N) is 1. The van der Waals surface area contributed by atoms with Crippen LogP contribution in [0.1, 0.15) is 44.1 Å². The molecule has 1 aliphatic rings. The lowest BCUT2D eigenvalue weighted by molar-refractivity contribution is -0.119. The third kappa shape index (κ3) is 3.44. The van der Waals surface area contributed by atoms with Crippen molar-refractivity contribution in [2.45, 2.75) is 44.9 Å². The van der Waals surface area contributed by atoms with E-state index >= 15 is 0 Å². The van der Waals surface area contributed by atoms with Gasteiger partial charge in [0.05, 0.1) is 0 Å². The van der Waals surface area contributed by atoms with Gasteiger partial charge in [-0.15, -0.1) is 0 Å². The first-order valence-corrected chi connectivity index (χ1v) is 6.25. The summed E-state index contributed by atoms with van der Waals surface area (Å²) in [6.07, 6.45) is 11.4. The molecule has 2 heteroatoms. The molecule has 0 bridgehead atoms. The molecular formula is C14H19NO. The van der Waals surface area contributed by atoms with E-state index in [9.17, 15) is 4.79 Å². The van der Waals surface area contributed by atoms with Gasteiger partial charge in [-0.3, -0.25) is 9.78 Å². The van der Waals surface area contributed by atoms with Crippen LogP contribution in [0.25, 0.3) is 0 Å². The Morgan fingerprint density at radius 2 is 1.88 bits per heavy atom. The van der Waals surface area contributed by atoms with Crippen molar-refractivity contribution in [1.29, 1.82) is 0 Å². The molecule has 86 valence electrons. The second kappa shape index (κ2) is 5.78. The van der Waals surface area contributed by atoms with E-state index in [0.29, 0.717) is 18.1 Å². The van der Waals surface area contributed by atoms with Crippen molar-refractivity contribution in [1.82, 2.24) is 4.98 Å². The molecule has 0 aromatic carbocycles. The van der Waals surface area contributed by atoms with Crippen LogP contribution >= 0.6 is 0 Å². The normalized spacial score (nSPS) is 17.2. The molecule has 1 aromatic heterocycles. The summed E-state index contributed by atoms with van der Waals surface area (Å²) < 4.78 is 0. The molecule has 0 unspecified atom stereocenters. The van der Waals surface area contributed by atoms with Gasteiger partial charge in [0, 0.05) is 25.2 Å². The van der Waals surface area contributed by atoms with Crippen molar-refractivity contribution in [3.8, 4) is 0 Å². The lowest BCUT2D eigenvalue weighted by Gasteiger charge is -2.20. The Morgan fingerprint density at radius 1 is 1.19 bits per heavy atom. The predicted molar refractivity (Wildman–Crippen MR) is 64.1 cm³/mol. The van der Waals surface area contributed by atoms with Gasteiger partial charge in [-0.1, -0.05) is 32.1 Å². The first kappa shape index (κ1) is 11.3. The maximum absolute atomic E-state index is 11.9. The Bertz CT molecular complexity index is 328. The third-order valence-corrected chi connectivity index (χ3v) is 3.39. The molecule has 16 heavy (non-hydrogen) atoms. The van der Waals surface area contributed by atoms with Crippen LogP contribution in [-0.4, -0.2) is 10.8 Å². The van der Waals surface area contributed by atoms with Gasteiger partial charge in [-0.2, -0.15) is 0 Å². The van der Waals surface area contributed by atoms with Gasteiger partial charge in [0.25, 0.3) is 0 Å². The minimum Gasteiger partial charge on any atom is -0.299 e. The first-order chi connectivity index (χ1) is 7.84. The number of ketones is 1. The number of pyridine rings is 1. The van der Waals surface area contributed by atoms with Crippen molar-refractivity contribution >= 4 is 5.78 Å². The second-order valence-electron chi connectivity index (χ2n) is 4.78. The largest absolute Gasteiger partial charge is 0.299 e. The van der Waals surface area contributed by atoms with Crippen LogP contribution in [0.2, 0.25) is 0 Å². The number of rotatable bonds is 4. The minimum atomic E-state index is 0.387. The summed E-state index contributed by atoms with van der Waals surface area (Å²) in [7, 11) is 0. The van der Waals surface area contributed by atoms with Gasteiger partial charge in [-0.05, 0) is 23.6 Å². The van der Waals surface area contributed by atoms with E-state index < -0.39 is 0 Å². The van der Waals surface area contributed by atoms with Crippen LogP contribution in [-0.2, 0) is 11.2 Å². The minimum absolute atomic E-state index is 0.387. The molecule has 0 atom stereocenters. The van der Waals surface area contributed by atoms with Gasteiger partial charge in [0.1, 0.15) is 5.78 Å². The maximum atomic E-state index is 11.9. The van der Waals surface area contributed by atoms with E-state index in [1.54, 1.807) is 12.4 Å². The number of aromatic nitrogens is 1. The summed E-state index contributed by atoms with van der Waals surface area (Å²) in [5.41, 5.74) is 1.09. The Morgan fingerprint density at radius 3 is 2.56 bits per heavy atom. The smallest absolute Gasteiger partial charge is 0.137 e. The molecule has 0 aliphatic heterocycles. The van der Waals surface area contributed by atoms with Crippen molar-refractivity contribution in [3.05, 3.63) is 30.1 Å². The Balaban J connectivity index is 1.80. The summed E-state index contributed by atoms with van der Waals surface area (Å²) in [6.45, 7) is 0. The zero-order valence-electron chi connectivity index (χ0n) is 9.69. The van der Waals surface area contributed by atoms with Gasteiger partial charge >= 0.3 is 0 Å². The molecule has 0 radical (unpaired) electrons. The number of carbonyl (C=O) groups excluding carboxylic acids is 1. The molecular weight excluding hydrogens is 198 g/mol. The van der Waals surface area contributed by atoms with Crippen molar-refractivity contribution in [2.75, 3.05) is 0 Å². The number of carbonyl (C=O) groups is 1. The average molecular weight is 217 g/mol. The molecule has 2 rings (SSSR count). The first-order valence-electron chi connectivity index (χ1n) is 6.25. The zero-order valence-corrected chi connectivity index (χ0v) is 9.69. The highest BCUT2D eigenvalue weighted by molar-refractivity contribution is 5.81. The monoisotopic (exact) mass is 217 g/mol. The van der Waals surface area contributed by atoms with Crippen LogP contribution in [0.5, 0.6) is 0 Å². The number of hydrogen-bond donors (Lipinski definition) is 0. The van der Waals surface area contributed by atoms with Crippen molar-refractivity contribution in [3.63, 3.8) is 0 Å². The predicted octanol–water partition coefficient (Wildman–Crippen LogP) is 3.16. The molecule has 1 heterocycles. The maximum Gasteiger partial charge on any atom is 0.137 e. The van der Waals surface area contributed by atoms with Gasteiger partial charge in [0.15, 0.2) is 0 Å². The summed E-state index contributed by atoms with van der Waals surface area (Å²) in [4.78, 5) is 15.8. The van der Waals surface area contributed by atoms with Crippen molar-refractivity contribution in [2.24, 2.45) is 5.92 Å². The van der Waals surface area contributed by atoms with Crippen LogP contribution in [0.15, 0.2) is 24.5 Å². The Labute approximate surface area is 97.1 Å². The summed E-state index contributed by atoms with van der Waals surface area (Å²) in [5.74, 6) is 1.04. The Kier molecular flexibility index (Phi) is 4.09. The lowest BCUT2D eigenvalue weighted by atomic mass is 9.85. The standard InChI is InChI=1S/C14H19NO/c16-14(10-12-4-2-1-3-5-12)11-13-6-8-15-9-7-13/h6-9,12H,1-5,10-11H2. The Hall–Kier alpha value is -1.18. The van der Waals surface area contributed by atoms with Gasteiger partial charge in [-0.25, -0.2) is 0 Å². The van der Waals surface area contributed by atoms with E-state index in [2.05, 4.69) is 4.98 Å². The number of hydrogen-bond acceptors (Lipinski definition) is 2. The van der Waals surface area contributed by atoms with Gasteiger partial charge in [0.2, 0.25) is 0 Å². The fourth-order valence-corrected chi connectivity index (χ4v) is 2.51. The van der Waals surface area contributed by atoms with Crippen LogP contribution < -0.4 is 0 Å². The highest BCUT2D eigenvalue weighted by atomic mass is 16.1. The fraction of sp³-hybridized carbons (Fsp3) is 0.571.